The molecule has 0 saturated carbocycles. The molecule has 2 aromatic carbocycles. The summed E-state index contributed by atoms with van der Waals surface area (Å²) in [4.78, 5) is 26.7. The molecule has 1 saturated heterocycles. The van der Waals surface area contributed by atoms with E-state index in [1.807, 2.05) is 48.5 Å². The van der Waals surface area contributed by atoms with Crippen LogP contribution in [-0.2, 0) is 16.1 Å². The van der Waals surface area contributed by atoms with Gasteiger partial charge in [-0.3, -0.25) is 9.59 Å². The quantitative estimate of drug-likeness (QED) is 0.781. The van der Waals surface area contributed by atoms with Crippen LogP contribution in [0.5, 0.6) is 5.75 Å². The third-order valence-electron chi connectivity index (χ3n) is 4.27. The SMILES string of the molecule is COc1ccc(CNC(=O)C2CCN(c3cccc(Br)c3)C2=O)cc1. The first-order valence-corrected chi connectivity index (χ1v) is 8.85. The van der Waals surface area contributed by atoms with Crippen molar-refractivity contribution in [2.45, 2.75) is 13.0 Å². The maximum atomic E-state index is 12.6. The number of hydrogen-bond donors (Lipinski definition) is 1. The molecule has 1 atom stereocenters. The minimum atomic E-state index is -0.628. The molecule has 0 radical (unpaired) electrons. The molecule has 1 N–H and O–H groups in total. The van der Waals surface area contributed by atoms with E-state index in [0.717, 1.165) is 21.5 Å². The van der Waals surface area contributed by atoms with Gasteiger partial charge in [0, 0.05) is 23.2 Å². The number of halogens is 1. The molecule has 0 bridgehead atoms. The zero-order chi connectivity index (χ0) is 17.8. The summed E-state index contributed by atoms with van der Waals surface area (Å²) in [5, 5.41) is 2.86. The lowest BCUT2D eigenvalue weighted by atomic mass is 10.1. The number of nitrogens with one attached hydrogen (secondary N) is 1. The molecule has 130 valence electrons. The molecule has 0 spiro atoms. The number of carbonyl (C=O) groups excluding carboxylic acids is 2. The van der Waals surface area contributed by atoms with Crippen LogP contribution in [0.1, 0.15) is 12.0 Å². The van der Waals surface area contributed by atoms with Crippen molar-refractivity contribution in [2.24, 2.45) is 5.92 Å². The van der Waals surface area contributed by atoms with Gasteiger partial charge in [-0.2, -0.15) is 0 Å². The Hall–Kier alpha value is -2.34. The highest BCUT2D eigenvalue weighted by Crippen LogP contribution is 2.27. The smallest absolute Gasteiger partial charge is 0.239 e. The molecule has 1 heterocycles. The van der Waals surface area contributed by atoms with Gasteiger partial charge in [-0.15, -0.1) is 0 Å². The molecular formula is C19H19BrN2O3. The van der Waals surface area contributed by atoms with E-state index in [1.54, 1.807) is 12.0 Å². The molecule has 3 rings (SSSR count). The molecule has 1 unspecified atom stereocenters. The summed E-state index contributed by atoms with van der Waals surface area (Å²) in [6, 6.07) is 15.0. The summed E-state index contributed by atoms with van der Waals surface area (Å²) in [6.45, 7) is 0.944. The fourth-order valence-electron chi connectivity index (χ4n) is 2.88. The van der Waals surface area contributed by atoms with Gasteiger partial charge in [-0.05, 0) is 42.3 Å². The minimum absolute atomic E-state index is 0.148. The molecule has 1 fully saturated rings. The number of benzene rings is 2. The zero-order valence-corrected chi connectivity index (χ0v) is 15.5. The van der Waals surface area contributed by atoms with Gasteiger partial charge in [-0.1, -0.05) is 34.1 Å². The zero-order valence-electron chi connectivity index (χ0n) is 13.9. The number of carbonyl (C=O) groups is 2. The summed E-state index contributed by atoms with van der Waals surface area (Å²) in [6.07, 6.45) is 0.528. The summed E-state index contributed by atoms with van der Waals surface area (Å²) in [5.74, 6) is -0.230. The third kappa shape index (κ3) is 4.02. The number of hydrogen-bond acceptors (Lipinski definition) is 3. The van der Waals surface area contributed by atoms with Gasteiger partial charge in [0.05, 0.1) is 7.11 Å². The first-order valence-electron chi connectivity index (χ1n) is 8.06. The van der Waals surface area contributed by atoms with Crippen molar-refractivity contribution in [3.8, 4) is 5.75 Å². The van der Waals surface area contributed by atoms with E-state index in [2.05, 4.69) is 21.2 Å². The lowest BCUT2D eigenvalue weighted by Gasteiger charge is -2.17. The number of rotatable bonds is 5. The average molecular weight is 403 g/mol. The van der Waals surface area contributed by atoms with E-state index in [4.69, 9.17) is 4.74 Å². The Balaban J connectivity index is 1.60. The van der Waals surface area contributed by atoms with Crippen LogP contribution in [0.4, 0.5) is 5.69 Å². The van der Waals surface area contributed by atoms with Crippen LogP contribution in [-0.4, -0.2) is 25.5 Å². The van der Waals surface area contributed by atoms with Crippen LogP contribution in [0.3, 0.4) is 0 Å². The fourth-order valence-corrected chi connectivity index (χ4v) is 3.27. The maximum absolute atomic E-state index is 12.6. The standard InChI is InChI=1S/C19H19BrN2O3/c1-25-16-7-5-13(6-8-16)12-21-18(23)17-9-10-22(19(17)24)15-4-2-3-14(20)11-15/h2-8,11,17H,9-10,12H2,1H3,(H,21,23). The summed E-state index contributed by atoms with van der Waals surface area (Å²) >= 11 is 3.41. The van der Waals surface area contributed by atoms with Crippen molar-refractivity contribution in [1.82, 2.24) is 5.32 Å². The van der Waals surface area contributed by atoms with Gasteiger partial charge >= 0.3 is 0 Å². The highest BCUT2D eigenvalue weighted by atomic mass is 79.9. The topological polar surface area (TPSA) is 58.6 Å². The normalized spacial score (nSPS) is 16.8. The molecule has 1 aliphatic rings. The second-order valence-electron chi connectivity index (χ2n) is 5.88. The number of ether oxygens (including phenoxy) is 1. The second kappa shape index (κ2) is 7.70. The van der Waals surface area contributed by atoms with Crippen molar-refractivity contribution in [2.75, 3.05) is 18.6 Å². The second-order valence-corrected chi connectivity index (χ2v) is 6.79. The average Bonchev–Trinajstić information content (AvgIpc) is 3.01. The Labute approximate surface area is 155 Å². The third-order valence-corrected chi connectivity index (χ3v) is 4.76. The minimum Gasteiger partial charge on any atom is -0.497 e. The van der Waals surface area contributed by atoms with Crippen molar-refractivity contribution in [3.63, 3.8) is 0 Å². The summed E-state index contributed by atoms with van der Waals surface area (Å²) < 4.78 is 6.02. The maximum Gasteiger partial charge on any atom is 0.239 e. The largest absolute Gasteiger partial charge is 0.497 e. The van der Waals surface area contributed by atoms with Gasteiger partial charge in [-0.25, -0.2) is 0 Å². The monoisotopic (exact) mass is 402 g/mol. The fraction of sp³-hybridized carbons (Fsp3) is 0.263. The predicted octanol–water partition coefficient (Wildman–Crippen LogP) is 3.13. The number of amides is 2. The van der Waals surface area contributed by atoms with Crippen molar-refractivity contribution in [3.05, 3.63) is 58.6 Å². The van der Waals surface area contributed by atoms with Gasteiger partial charge in [0.15, 0.2) is 0 Å². The van der Waals surface area contributed by atoms with Gasteiger partial charge in [0.1, 0.15) is 11.7 Å². The van der Waals surface area contributed by atoms with Crippen molar-refractivity contribution in [1.29, 1.82) is 0 Å². The van der Waals surface area contributed by atoms with Crippen LogP contribution in [0.2, 0.25) is 0 Å². The summed E-state index contributed by atoms with van der Waals surface area (Å²) in [7, 11) is 1.61. The molecule has 25 heavy (non-hydrogen) atoms. The van der Waals surface area contributed by atoms with Crippen molar-refractivity contribution >= 4 is 33.4 Å². The molecule has 0 aromatic heterocycles. The molecule has 0 aliphatic carbocycles. The predicted molar refractivity (Wildman–Crippen MR) is 99.4 cm³/mol. The number of methoxy groups -OCH3 is 1. The lowest BCUT2D eigenvalue weighted by molar-refractivity contribution is -0.132. The van der Waals surface area contributed by atoms with E-state index in [0.29, 0.717) is 19.5 Å². The van der Waals surface area contributed by atoms with Crippen LogP contribution in [0.25, 0.3) is 0 Å². The lowest BCUT2D eigenvalue weighted by Crippen LogP contribution is -2.36. The molecule has 1 aliphatic heterocycles. The van der Waals surface area contributed by atoms with E-state index in [-0.39, 0.29) is 11.8 Å². The Morgan fingerprint density at radius 1 is 1.28 bits per heavy atom. The van der Waals surface area contributed by atoms with Crippen LogP contribution in [0, 0.1) is 5.92 Å². The van der Waals surface area contributed by atoms with E-state index >= 15 is 0 Å². The van der Waals surface area contributed by atoms with Crippen LogP contribution >= 0.6 is 15.9 Å². The molecule has 5 nitrogen and oxygen atoms in total. The Morgan fingerprint density at radius 3 is 2.72 bits per heavy atom. The Bertz CT molecular complexity index is 776. The van der Waals surface area contributed by atoms with Crippen LogP contribution < -0.4 is 15.0 Å². The van der Waals surface area contributed by atoms with E-state index < -0.39 is 5.92 Å². The molecule has 6 heteroatoms. The number of anilines is 1. The van der Waals surface area contributed by atoms with E-state index in [1.165, 1.54) is 0 Å². The molecule has 2 amide bonds. The van der Waals surface area contributed by atoms with Gasteiger partial charge < -0.3 is 15.0 Å². The van der Waals surface area contributed by atoms with Crippen LogP contribution in [0.15, 0.2) is 53.0 Å². The van der Waals surface area contributed by atoms with Gasteiger partial charge in [0.2, 0.25) is 11.8 Å². The first kappa shape index (κ1) is 17.5. The molecular weight excluding hydrogens is 384 g/mol. The highest BCUT2D eigenvalue weighted by Gasteiger charge is 2.37. The van der Waals surface area contributed by atoms with E-state index in [9.17, 15) is 9.59 Å². The summed E-state index contributed by atoms with van der Waals surface area (Å²) in [5.41, 5.74) is 1.77. The van der Waals surface area contributed by atoms with Gasteiger partial charge in [0.25, 0.3) is 0 Å². The first-order chi connectivity index (χ1) is 12.1. The molecule has 2 aromatic rings. The Kier molecular flexibility index (Phi) is 5.38. The Morgan fingerprint density at radius 2 is 2.04 bits per heavy atom. The number of nitrogens with zero attached hydrogens (tertiary/aromatic N) is 1. The highest BCUT2D eigenvalue weighted by molar-refractivity contribution is 9.10. The van der Waals surface area contributed by atoms with Crippen molar-refractivity contribution < 1.29 is 14.3 Å².